The summed E-state index contributed by atoms with van der Waals surface area (Å²) in [6.45, 7) is 8.17. The zero-order chi connectivity index (χ0) is 23.6. The lowest BCUT2D eigenvalue weighted by atomic mass is 10.0. The van der Waals surface area contributed by atoms with Crippen LogP contribution in [0.1, 0.15) is 57.9 Å². The predicted molar refractivity (Wildman–Crippen MR) is 130 cm³/mol. The molecule has 32 heavy (non-hydrogen) atoms. The van der Waals surface area contributed by atoms with Crippen molar-refractivity contribution in [3.8, 4) is 5.75 Å². The lowest BCUT2D eigenvalue weighted by Crippen LogP contribution is -2.48. The van der Waals surface area contributed by atoms with Gasteiger partial charge in [0.2, 0.25) is 11.8 Å². The molecule has 2 amide bonds. The van der Waals surface area contributed by atoms with Crippen LogP contribution in [0.15, 0.2) is 24.3 Å². The van der Waals surface area contributed by atoms with Gasteiger partial charge in [-0.1, -0.05) is 19.1 Å². The number of nitrogens with two attached hydrogens (primary N) is 1. The lowest BCUT2D eigenvalue weighted by molar-refractivity contribution is -0.129. The number of unbranched alkanes of at least 4 members (excludes halogenated alkanes) is 1. The molecule has 8 heteroatoms. The van der Waals surface area contributed by atoms with Gasteiger partial charge < -0.3 is 32.1 Å². The molecule has 7 N–H and O–H groups in total. The standard InChI is InChI=1S/C24H43N5O3/c1-3-7-23(31)29-22(18-20-8-10-21(30)11-9-20)24(32)28-16-6-14-26-17-12-19(2)27-15-5-4-13-25/h8-11,19,22,26-27,30H,3-7,12-18,25H2,1-2H3,(H,28,32)(H,29,31). The van der Waals surface area contributed by atoms with Gasteiger partial charge in [0.15, 0.2) is 0 Å². The fourth-order valence-electron chi connectivity index (χ4n) is 3.28. The molecule has 0 aliphatic rings. The average Bonchev–Trinajstić information content (AvgIpc) is 2.77. The molecule has 2 unspecified atom stereocenters. The average molecular weight is 450 g/mol. The summed E-state index contributed by atoms with van der Waals surface area (Å²) in [4.78, 5) is 24.7. The molecule has 1 rings (SSSR count). The monoisotopic (exact) mass is 449 g/mol. The van der Waals surface area contributed by atoms with Crippen LogP contribution in [0.4, 0.5) is 0 Å². The van der Waals surface area contributed by atoms with Gasteiger partial charge in [0.25, 0.3) is 0 Å². The predicted octanol–water partition coefficient (Wildman–Crippen LogP) is 1.42. The van der Waals surface area contributed by atoms with E-state index in [1.165, 1.54) is 0 Å². The van der Waals surface area contributed by atoms with Crippen LogP contribution in [0.25, 0.3) is 0 Å². The quantitative estimate of drug-likeness (QED) is 0.188. The van der Waals surface area contributed by atoms with Gasteiger partial charge in [-0.05, 0) is 82.9 Å². The Kier molecular flexibility index (Phi) is 15.2. The van der Waals surface area contributed by atoms with Crippen LogP contribution in [0, 0.1) is 0 Å². The summed E-state index contributed by atoms with van der Waals surface area (Å²) in [6.07, 6.45) is 5.54. The topological polar surface area (TPSA) is 129 Å². The second kappa shape index (κ2) is 17.4. The molecule has 0 aliphatic heterocycles. The summed E-state index contributed by atoms with van der Waals surface area (Å²) in [6, 6.07) is 6.53. The summed E-state index contributed by atoms with van der Waals surface area (Å²) in [5, 5.41) is 22.1. The minimum atomic E-state index is -0.627. The first kappa shape index (κ1) is 27.9. The van der Waals surface area contributed by atoms with E-state index in [4.69, 9.17) is 5.73 Å². The first-order valence-corrected chi connectivity index (χ1v) is 11.9. The molecule has 0 heterocycles. The van der Waals surface area contributed by atoms with Crippen molar-refractivity contribution in [3.05, 3.63) is 29.8 Å². The Morgan fingerprint density at radius 1 is 1.03 bits per heavy atom. The van der Waals surface area contributed by atoms with Gasteiger partial charge in [0.05, 0.1) is 0 Å². The Morgan fingerprint density at radius 3 is 2.47 bits per heavy atom. The highest BCUT2D eigenvalue weighted by Gasteiger charge is 2.20. The molecule has 2 atom stereocenters. The number of hydrogen-bond acceptors (Lipinski definition) is 6. The molecule has 1 aromatic carbocycles. The highest BCUT2D eigenvalue weighted by molar-refractivity contribution is 5.87. The second-order valence-electron chi connectivity index (χ2n) is 8.27. The summed E-state index contributed by atoms with van der Waals surface area (Å²) in [5.74, 6) is -0.134. The lowest BCUT2D eigenvalue weighted by Gasteiger charge is -2.19. The number of hydrogen-bond donors (Lipinski definition) is 6. The fraction of sp³-hybridized carbons (Fsp3) is 0.667. The van der Waals surface area contributed by atoms with E-state index in [-0.39, 0.29) is 17.6 Å². The van der Waals surface area contributed by atoms with E-state index in [0.717, 1.165) is 63.8 Å². The van der Waals surface area contributed by atoms with Gasteiger partial charge in [-0.15, -0.1) is 0 Å². The van der Waals surface area contributed by atoms with E-state index < -0.39 is 6.04 Å². The van der Waals surface area contributed by atoms with E-state index in [2.05, 4.69) is 28.2 Å². The zero-order valence-electron chi connectivity index (χ0n) is 19.8. The maximum Gasteiger partial charge on any atom is 0.242 e. The SMILES string of the molecule is CCCC(=O)NC(Cc1ccc(O)cc1)C(=O)NCCCNCCC(C)NCCCCN. The van der Waals surface area contributed by atoms with Crippen LogP contribution < -0.4 is 27.0 Å². The van der Waals surface area contributed by atoms with Crippen LogP contribution in [0.5, 0.6) is 5.75 Å². The van der Waals surface area contributed by atoms with E-state index in [9.17, 15) is 14.7 Å². The van der Waals surface area contributed by atoms with Gasteiger partial charge in [0, 0.05) is 25.4 Å². The molecule has 8 nitrogen and oxygen atoms in total. The van der Waals surface area contributed by atoms with Crippen LogP contribution in [-0.2, 0) is 16.0 Å². The van der Waals surface area contributed by atoms with E-state index in [1.54, 1.807) is 24.3 Å². The Bertz CT molecular complexity index is 639. The van der Waals surface area contributed by atoms with E-state index >= 15 is 0 Å². The minimum Gasteiger partial charge on any atom is -0.508 e. The Balaban J connectivity index is 2.29. The minimum absolute atomic E-state index is 0.126. The number of aromatic hydroxyl groups is 1. The first-order valence-electron chi connectivity index (χ1n) is 11.9. The molecule has 0 aliphatic carbocycles. The molecule has 0 spiro atoms. The van der Waals surface area contributed by atoms with Gasteiger partial charge >= 0.3 is 0 Å². The molecule has 182 valence electrons. The number of phenols is 1. The Hall–Kier alpha value is -2.16. The third-order valence-corrected chi connectivity index (χ3v) is 5.21. The van der Waals surface area contributed by atoms with E-state index in [0.29, 0.717) is 25.4 Å². The highest BCUT2D eigenvalue weighted by Crippen LogP contribution is 2.11. The van der Waals surface area contributed by atoms with Gasteiger partial charge in [-0.2, -0.15) is 0 Å². The van der Waals surface area contributed by atoms with Crippen molar-refractivity contribution in [3.63, 3.8) is 0 Å². The summed E-state index contributed by atoms with van der Waals surface area (Å²) in [7, 11) is 0. The van der Waals surface area contributed by atoms with Crippen molar-refractivity contribution in [2.45, 2.75) is 70.9 Å². The highest BCUT2D eigenvalue weighted by atomic mass is 16.3. The Morgan fingerprint density at radius 2 is 1.78 bits per heavy atom. The molecule has 0 saturated heterocycles. The molecule has 0 saturated carbocycles. The van der Waals surface area contributed by atoms with Gasteiger partial charge in [-0.25, -0.2) is 0 Å². The van der Waals surface area contributed by atoms with Gasteiger partial charge in [0.1, 0.15) is 11.8 Å². The molecule has 0 radical (unpaired) electrons. The van der Waals surface area contributed by atoms with Crippen molar-refractivity contribution < 1.29 is 14.7 Å². The van der Waals surface area contributed by atoms with Crippen LogP contribution >= 0.6 is 0 Å². The number of carbonyl (C=O) groups is 2. The summed E-state index contributed by atoms with van der Waals surface area (Å²) in [5.41, 5.74) is 6.38. The largest absolute Gasteiger partial charge is 0.508 e. The van der Waals surface area contributed by atoms with Crippen LogP contribution in [-0.4, -0.2) is 61.7 Å². The number of carbonyl (C=O) groups excluding carboxylic acids is 2. The number of amides is 2. The van der Waals surface area contributed by atoms with Gasteiger partial charge in [-0.3, -0.25) is 9.59 Å². The molecule has 0 fully saturated rings. The maximum absolute atomic E-state index is 12.7. The van der Waals surface area contributed by atoms with Crippen molar-refractivity contribution >= 4 is 11.8 Å². The number of rotatable bonds is 18. The molecule has 1 aromatic rings. The van der Waals surface area contributed by atoms with Crippen molar-refractivity contribution in [1.29, 1.82) is 0 Å². The third-order valence-electron chi connectivity index (χ3n) is 5.21. The fourth-order valence-corrected chi connectivity index (χ4v) is 3.28. The summed E-state index contributed by atoms with van der Waals surface area (Å²) >= 11 is 0. The van der Waals surface area contributed by atoms with Crippen LogP contribution in [0.2, 0.25) is 0 Å². The number of nitrogens with one attached hydrogen (secondary N) is 4. The molecule has 0 aromatic heterocycles. The van der Waals surface area contributed by atoms with Crippen molar-refractivity contribution in [1.82, 2.24) is 21.3 Å². The second-order valence-corrected chi connectivity index (χ2v) is 8.27. The zero-order valence-corrected chi connectivity index (χ0v) is 19.8. The summed E-state index contributed by atoms with van der Waals surface area (Å²) < 4.78 is 0. The molecule has 0 bridgehead atoms. The smallest absolute Gasteiger partial charge is 0.242 e. The van der Waals surface area contributed by atoms with E-state index in [1.807, 2.05) is 6.92 Å². The van der Waals surface area contributed by atoms with Crippen LogP contribution in [0.3, 0.4) is 0 Å². The van der Waals surface area contributed by atoms with Crippen molar-refractivity contribution in [2.75, 3.05) is 32.7 Å². The van der Waals surface area contributed by atoms with Crippen molar-refractivity contribution in [2.24, 2.45) is 5.73 Å². The third kappa shape index (κ3) is 13.3. The normalized spacial score (nSPS) is 12.8. The number of phenolic OH excluding ortho intramolecular Hbond substituents is 1. The maximum atomic E-state index is 12.7. The number of benzene rings is 1. The Labute approximate surface area is 193 Å². The molecular weight excluding hydrogens is 406 g/mol. The first-order chi connectivity index (χ1) is 15.5. The molecular formula is C24H43N5O3.